The molecule has 1 fully saturated rings. The van der Waals surface area contributed by atoms with Crippen LogP contribution in [-0.4, -0.2) is 72.6 Å². The van der Waals surface area contributed by atoms with Crippen molar-refractivity contribution in [3.05, 3.63) is 24.2 Å². The van der Waals surface area contributed by atoms with Crippen molar-refractivity contribution in [3.8, 4) is 0 Å². The van der Waals surface area contributed by atoms with E-state index in [9.17, 15) is 4.79 Å². The number of urea groups is 1. The first-order valence-corrected chi connectivity index (χ1v) is 8.40. The van der Waals surface area contributed by atoms with Gasteiger partial charge in [0.1, 0.15) is 0 Å². The molecule has 0 aromatic carbocycles. The molecule has 0 atom stereocenters. The lowest BCUT2D eigenvalue weighted by Crippen LogP contribution is -2.58. The third-order valence-corrected chi connectivity index (χ3v) is 4.69. The minimum Gasteiger partial charge on any atom is -0.472 e. The number of likely N-dealkylation sites (N-methyl/N-ethyl adjacent to an activating group) is 1. The molecular weight excluding hydrogens is 292 g/mol. The van der Waals surface area contributed by atoms with Crippen molar-refractivity contribution in [1.29, 1.82) is 0 Å². The molecule has 130 valence electrons. The predicted octanol–water partition coefficient (Wildman–Crippen LogP) is 1.84. The number of nitrogens with zero attached hydrogens (tertiary/aromatic N) is 3. The molecule has 6 heteroatoms. The molecule has 1 N–H and O–H groups in total. The van der Waals surface area contributed by atoms with Crippen molar-refractivity contribution in [1.82, 2.24) is 20.0 Å². The number of piperazine rings is 1. The summed E-state index contributed by atoms with van der Waals surface area (Å²) in [5.74, 6) is 0. The van der Waals surface area contributed by atoms with E-state index in [0.717, 1.165) is 38.3 Å². The van der Waals surface area contributed by atoms with E-state index in [2.05, 4.69) is 35.9 Å². The Labute approximate surface area is 139 Å². The molecule has 0 aliphatic carbocycles. The molecule has 0 unspecified atom stereocenters. The molecule has 1 saturated heterocycles. The van der Waals surface area contributed by atoms with E-state index in [1.54, 1.807) is 24.5 Å². The number of hydrogen-bond donors (Lipinski definition) is 1. The van der Waals surface area contributed by atoms with Crippen LogP contribution >= 0.6 is 0 Å². The smallest absolute Gasteiger partial charge is 0.317 e. The first-order valence-electron chi connectivity index (χ1n) is 8.40. The number of nitrogens with one attached hydrogen (secondary N) is 1. The molecule has 6 nitrogen and oxygen atoms in total. The fourth-order valence-corrected chi connectivity index (χ4v) is 2.94. The molecule has 2 rings (SSSR count). The summed E-state index contributed by atoms with van der Waals surface area (Å²) in [5.41, 5.74) is 0.962. The van der Waals surface area contributed by atoms with Gasteiger partial charge in [0.05, 0.1) is 19.1 Å². The van der Waals surface area contributed by atoms with Crippen molar-refractivity contribution in [2.24, 2.45) is 0 Å². The Balaban J connectivity index is 1.78. The van der Waals surface area contributed by atoms with Crippen LogP contribution in [0.25, 0.3) is 0 Å². The summed E-state index contributed by atoms with van der Waals surface area (Å²) in [6, 6.07) is 1.83. The molecule has 2 amide bonds. The number of rotatable bonds is 6. The van der Waals surface area contributed by atoms with Crippen molar-refractivity contribution >= 4 is 6.03 Å². The number of amides is 2. The quantitative estimate of drug-likeness (QED) is 0.868. The van der Waals surface area contributed by atoms with Crippen LogP contribution in [0, 0.1) is 0 Å². The molecular formula is C17H30N4O2. The van der Waals surface area contributed by atoms with Crippen LogP contribution < -0.4 is 5.32 Å². The lowest BCUT2D eigenvalue weighted by Gasteiger charge is -2.44. The Morgan fingerprint density at radius 3 is 2.61 bits per heavy atom. The fourth-order valence-electron chi connectivity index (χ4n) is 2.94. The van der Waals surface area contributed by atoms with E-state index in [-0.39, 0.29) is 11.6 Å². The van der Waals surface area contributed by atoms with Gasteiger partial charge in [-0.3, -0.25) is 4.90 Å². The van der Waals surface area contributed by atoms with Gasteiger partial charge in [-0.2, -0.15) is 0 Å². The van der Waals surface area contributed by atoms with Gasteiger partial charge < -0.3 is 19.5 Å². The van der Waals surface area contributed by atoms with Crippen LogP contribution in [0.3, 0.4) is 0 Å². The first-order chi connectivity index (χ1) is 10.9. The topological polar surface area (TPSA) is 52.0 Å². The van der Waals surface area contributed by atoms with Gasteiger partial charge in [0, 0.05) is 50.9 Å². The Hall–Kier alpha value is -1.53. The summed E-state index contributed by atoms with van der Waals surface area (Å²) >= 11 is 0. The minimum atomic E-state index is -0.0496. The van der Waals surface area contributed by atoms with Crippen LogP contribution in [0.2, 0.25) is 0 Å². The highest BCUT2D eigenvalue weighted by Crippen LogP contribution is 2.16. The second-order valence-corrected chi connectivity index (χ2v) is 6.88. The molecule has 23 heavy (non-hydrogen) atoms. The molecule has 1 aliphatic heterocycles. The highest BCUT2D eigenvalue weighted by atomic mass is 16.3. The number of hydrogen-bond acceptors (Lipinski definition) is 4. The summed E-state index contributed by atoms with van der Waals surface area (Å²) in [6.07, 6.45) is 3.29. The maximum Gasteiger partial charge on any atom is 0.317 e. The van der Waals surface area contributed by atoms with Crippen molar-refractivity contribution in [2.45, 2.75) is 32.9 Å². The SMILES string of the molecule is CCN1CCN(C(C)(C)CNC(=O)N(C)Cc2ccoc2)CC1. The zero-order valence-corrected chi connectivity index (χ0v) is 14.8. The molecule has 1 aromatic rings. The van der Waals surface area contributed by atoms with E-state index >= 15 is 0 Å². The van der Waals surface area contributed by atoms with Gasteiger partial charge in [0.2, 0.25) is 0 Å². The Morgan fingerprint density at radius 2 is 2.04 bits per heavy atom. The summed E-state index contributed by atoms with van der Waals surface area (Å²) in [5, 5.41) is 3.06. The van der Waals surface area contributed by atoms with Crippen molar-refractivity contribution < 1.29 is 9.21 Å². The van der Waals surface area contributed by atoms with Gasteiger partial charge in [-0.15, -0.1) is 0 Å². The van der Waals surface area contributed by atoms with E-state index < -0.39 is 0 Å². The molecule has 1 aromatic heterocycles. The summed E-state index contributed by atoms with van der Waals surface area (Å²) in [6.45, 7) is 13.2. The monoisotopic (exact) mass is 322 g/mol. The van der Waals surface area contributed by atoms with E-state index in [4.69, 9.17) is 4.42 Å². The predicted molar refractivity (Wildman–Crippen MR) is 91.3 cm³/mol. The largest absolute Gasteiger partial charge is 0.472 e. The number of carbonyl (C=O) groups is 1. The zero-order chi connectivity index (χ0) is 16.9. The normalized spacial score (nSPS) is 17.2. The second kappa shape index (κ2) is 7.84. The van der Waals surface area contributed by atoms with Crippen molar-refractivity contribution in [2.75, 3.05) is 46.3 Å². The maximum absolute atomic E-state index is 12.3. The van der Waals surface area contributed by atoms with Gasteiger partial charge in [-0.1, -0.05) is 6.92 Å². The summed E-state index contributed by atoms with van der Waals surface area (Å²) in [7, 11) is 1.80. The minimum absolute atomic E-state index is 0.0357. The third kappa shape index (κ3) is 4.97. The average molecular weight is 322 g/mol. The van der Waals surface area contributed by atoms with Crippen LogP contribution in [0.5, 0.6) is 0 Å². The highest BCUT2D eigenvalue weighted by molar-refractivity contribution is 5.73. The van der Waals surface area contributed by atoms with E-state index in [1.165, 1.54) is 0 Å². The van der Waals surface area contributed by atoms with Gasteiger partial charge >= 0.3 is 6.03 Å². The Morgan fingerprint density at radius 1 is 1.35 bits per heavy atom. The molecule has 2 heterocycles. The molecule has 0 spiro atoms. The van der Waals surface area contributed by atoms with Crippen LogP contribution in [0.15, 0.2) is 23.0 Å². The third-order valence-electron chi connectivity index (χ3n) is 4.69. The molecule has 0 saturated carbocycles. The first kappa shape index (κ1) is 17.8. The van der Waals surface area contributed by atoms with Crippen LogP contribution in [0.4, 0.5) is 4.79 Å². The second-order valence-electron chi connectivity index (χ2n) is 6.88. The fraction of sp³-hybridized carbons (Fsp3) is 0.706. The average Bonchev–Trinajstić information content (AvgIpc) is 3.05. The van der Waals surface area contributed by atoms with E-state index in [1.807, 2.05) is 6.07 Å². The van der Waals surface area contributed by atoms with Gasteiger partial charge in [-0.25, -0.2) is 4.79 Å². The van der Waals surface area contributed by atoms with E-state index in [0.29, 0.717) is 13.1 Å². The van der Waals surface area contributed by atoms with Crippen LogP contribution in [0.1, 0.15) is 26.3 Å². The maximum atomic E-state index is 12.3. The van der Waals surface area contributed by atoms with Gasteiger partial charge in [-0.05, 0) is 26.5 Å². The van der Waals surface area contributed by atoms with Gasteiger partial charge in [0.15, 0.2) is 0 Å². The standard InChI is InChI=1S/C17H30N4O2/c1-5-20-7-9-21(10-8-20)17(2,3)14-18-16(22)19(4)12-15-6-11-23-13-15/h6,11,13H,5,7-10,12,14H2,1-4H3,(H,18,22). The lowest BCUT2D eigenvalue weighted by molar-refractivity contribution is 0.0547. The van der Waals surface area contributed by atoms with Crippen LogP contribution in [-0.2, 0) is 6.54 Å². The molecule has 1 aliphatic rings. The Bertz CT molecular complexity index is 479. The molecule has 0 bridgehead atoms. The molecule has 0 radical (unpaired) electrons. The number of furan rings is 1. The lowest BCUT2D eigenvalue weighted by atomic mass is 10.0. The highest BCUT2D eigenvalue weighted by Gasteiger charge is 2.30. The van der Waals surface area contributed by atoms with Gasteiger partial charge in [0.25, 0.3) is 0 Å². The summed E-state index contributed by atoms with van der Waals surface area (Å²) in [4.78, 5) is 18.9. The van der Waals surface area contributed by atoms with Crippen molar-refractivity contribution in [3.63, 3.8) is 0 Å². The number of carbonyl (C=O) groups excluding carboxylic acids is 1. The zero-order valence-electron chi connectivity index (χ0n) is 14.8. The summed E-state index contributed by atoms with van der Waals surface area (Å²) < 4.78 is 5.04. The Kier molecular flexibility index (Phi) is 6.07.